The topological polar surface area (TPSA) is 67.4 Å². The van der Waals surface area contributed by atoms with Crippen molar-refractivity contribution in [2.45, 2.75) is 13.0 Å². The predicted molar refractivity (Wildman–Crippen MR) is 82.6 cm³/mol. The molecule has 1 aliphatic rings. The third-order valence-electron chi connectivity index (χ3n) is 3.58. The minimum absolute atomic E-state index is 0.141. The molecular formula is C17H15FN2O3. The molecule has 2 aromatic carbocycles. The van der Waals surface area contributed by atoms with Crippen molar-refractivity contribution in [2.24, 2.45) is 0 Å². The van der Waals surface area contributed by atoms with Crippen LogP contribution in [0.4, 0.5) is 10.1 Å². The first kappa shape index (κ1) is 15.0. The Morgan fingerprint density at radius 2 is 2.00 bits per heavy atom. The van der Waals surface area contributed by atoms with Crippen LogP contribution in [0.1, 0.15) is 17.2 Å². The summed E-state index contributed by atoms with van der Waals surface area (Å²) in [6, 6.07) is 9.94. The number of halogens is 1. The van der Waals surface area contributed by atoms with E-state index in [1.165, 1.54) is 24.3 Å². The number of carbonyl (C=O) groups is 2. The maximum absolute atomic E-state index is 12.9. The number of ether oxygens (including phenoxy) is 1. The Morgan fingerprint density at radius 1 is 1.26 bits per heavy atom. The lowest BCUT2D eigenvalue weighted by Gasteiger charge is -2.18. The molecule has 0 bridgehead atoms. The minimum atomic E-state index is -0.870. The van der Waals surface area contributed by atoms with Crippen LogP contribution in [0.3, 0.4) is 0 Å². The van der Waals surface area contributed by atoms with E-state index in [0.29, 0.717) is 17.0 Å². The lowest BCUT2D eigenvalue weighted by Crippen LogP contribution is -2.37. The van der Waals surface area contributed by atoms with Crippen LogP contribution in [0, 0.1) is 12.7 Å². The van der Waals surface area contributed by atoms with E-state index in [0.717, 1.165) is 5.56 Å². The normalized spacial score (nSPS) is 16.6. The zero-order valence-electron chi connectivity index (χ0n) is 12.4. The fourth-order valence-corrected chi connectivity index (χ4v) is 2.47. The summed E-state index contributed by atoms with van der Waals surface area (Å²) in [7, 11) is 0. The Balaban J connectivity index is 1.91. The largest absolute Gasteiger partial charge is 0.483 e. The second kappa shape index (κ2) is 6.08. The van der Waals surface area contributed by atoms with Gasteiger partial charge in [-0.15, -0.1) is 0 Å². The second-order valence-electron chi connectivity index (χ2n) is 5.28. The molecule has 5 nitrogen and oxygen atoms in total. The van der Waals surface area contributed by atoms with E-state index in [-0.39, 0.29) is 18.3 Å². The van der Waals surface area contributed by atoms with Gasteiger partial charge < -0.3 is 15.4 Å². The van der Waals surface area contributed by atoms with Gasteiger partial charge in [-0.1, -0.05) is 18.2 Å². The zero-order valence-corrected chi connectivity index (χ0v) is 12.4. The van der Waals surface area contributed by atoms with Crippen molar-refractivity contribution in [3.8, 4) is 5.75 Å². The Bertz CT molecular complexity index is 759. The van der Waals surface area contributed by atoms with Gasteiger partial charge in [0.05, 0.1) is 0 Å². The third kappa shape index (κ3) is 3.15. The molecule has 2 N–H and O–H groups in total. The molecule has 0 saturated heterocycles. The van der Waals surface area contributed by atoms with Gasteiger partial charge in [0, 0.05) is 11.3 Å². The highest BCUT2D eigenvalue weighted by molar-refractivity contribution is 5.98. The van der Waals surface area contributed by atoms with Gasteiger partial charge in [-0.05, 0) is 36.8 Å². The molecule has 2 amide bonds. The van der Waals surface area contributed by atoms with Crippen LogP contribution in [0.5, 0.6) is 5.75 Å². The van der Waals surface area contributed by atoms with Crippen LogP contribution in [0.2, 0.25) is 0 Å². The molecule has 0 aliphatic carbocycles. The lowest BCUT2D eigenvalue weighted by molar-refractivity contribution is -0.127. The van der Waals surface area contributed by atoms with Gasteiger partial charge in [0.15, 0.2) is 6.61 Å². The highest BCUT2D eigenvalue weighted by atomic mass is 19.1. The van der Waals surface area contributed by atoms with Crippen molar-refractivity contribution in [3.05, 3.63) is 59.4 Å². The average Bonchev–Trinajstić information content (AvgIpc) is 2.70. The quantitative estimate of drug-likeness (QED) is 0.894. The number of anilines is 1. The van der Waals surface area contributed by atoms with Crippen molar-refractivity contribution < 1.29 is 18.7 Å². The van der Waals surface area contributed by atoms with Gasteiger partial charge in [0.1, 0.15) is 17.6 Å². The van der Waals surface area contributed by atoms with Crippen LogP contribution < -0.4 is 15.4 Å². The Kier molecular flexibility index (Phi) is 3.97. The van der Waals surface area contributed by atoms with Gasteiger partial charge in [-0.3, -0.25) is 9.59 Å². The molecular weight excluding hydrogens is 299 g/mol. The summed E-state index contributed by atoms with van der Waals surface area (Å²) in [5.74, 6) is -0.646. The number of carbonyl (C=O) groups excluding carboxylic acids is 2. The first-order valence-electron chi connectivity index (χ1n) is 7.12. The highest BCUT2D eigenvalue weighted by Gasteiger charge is 2.29. The summed E-state index contributed by atoms with van der Waals surface area (Å²) in [6.45, 7) is 1.71. The smallest absolute Gasteiger partial charge is 0.258 e. The number of hydrogen-bond donors (Lipinski definition) is 2. The molecule has 1 unspecified atom stereocenters. The maximum atomic E-state index is 12.9. The maximum Gasteiger partial charge on any atom is 0.258 e. The minimum Gasteiger partial charge on any atom is -0.483 e. The molecule has 0 radical (unpaired) electrons. The predicted octanol–water partition coefficient (Wildman–Crippen LogP) is 2.32. The molecule has 0 spiro atoms. The van der Waals surface area contributed by atoms with E-state index in [4.69, 9.17) is 4.74 Å². The van der Waals surface area contributed by atoms with Crippen LogP contribution in [-0.2, 0) is 9.59 Å². The van der Waals surface area contributed by atoms with Crippen molar-refractivity contribution in [3.63, 3.8) is 0 Å². The number of rotatable bonds is 2. The van der Waals surface area contributed by atoms with Crippen LogP contribution in [0.25, 0.3) is 0 Å². The van der Waals surface area contributed by atoms with E-state index in [9.17, 15) is 14.0 Å². The molecule has 0 fully saturated rings. The van der Waals surface area contributed by atoms with Crippen molar-refractivity contribution in [1.82, 2.24) is 5.32 Å². The monoisotopic (exact) mass is 314 g/mol. The summed E-state index contributed by atoms with van der Waals surface area (Å²) in [6.07, 6.45) is 0. The highest BCUT2D eigenvalue weighted by Crippen LogP contribution is 2.31. The standard InChI is InChI=1S/C17H15FN2O3/c1-10-3-2-4-13-15(20-14(21)9-23-16(10)13)17(22)19-12-7-5-11(18)6-8-12/h2-8,15H,9H2,1H3,(H,19,22)(H,20,21). The number of benzene rings is 2. The van der Waals surface area contributed by atoms with E-state index in [1.54, 1.807) is 12.1 Å². The molecule has 6 heteroatoms. The molecule has 3 rings (SSSR count). The summed E-state index contributed by atoms with van der Waals surface area (Å²) >= 11 is 0. The fraction of sp³-hybridized carbons (Fsp3) is 0.176. The van der Waals surface area contributed by atoms with Gasteiger partial charge >= 0.3 is 0 Å². The van der Waals surface area contributed by atoms with Gasteiger partial charge in [-0.2, -0.15) is 0 Å². The molecule has 118 valence electrons. The molecule has 1 heterocycles. The number of aryl methyl sites for hydroxylation is 1. The van der Waals surface area contributed by atoms with Crippen molar-refractivity contribution in [2.75, 3.05) is 11.9 Å². The Hall–Kier alpha value is -2.89. The molecule has 1 atom stereocenters. The van der Waals surface area contributed by atoms with Crippen LogP contribution in [-0.4, -0.2) is 18.4 Å². The third-order valence-corrected chi connectivity index (χ3v) is 3.58. The van der Waals surface area contributed by atoms with Gasteiger partial charge in [-0.25, -0.2) is 4.39 Å². The zero-order chi connectivity index (χ0) is 16.4. The molecule has 23 heavy (non-hydrogen) atoms. The number of hydrogen-bond acceptors (Lipinski definition) is 3. The first-order valence-corrected chi connectivity index (χ1v) is 7.12. The fourth-order valence-electron chi connectivity index (χ4n) is 2.47. The van der Waals surface area contributed by atoms with E-state index >= 15 is 0 Å². The van der Waals surface area contributed by atoms with E-state index in [1.807, 2.05) is 13.0 Å². The van der Waals surface area contributed by atoms with Crippen LogP contribution in [0.15, 0.2) is 42.5 Å². The molecule has 1 aliphatic heterocycles. The summed E-state index contributed by atoms with van der Waals surface area (Å²) in [5.41, 5.74) is 1.89. The lowest BCUT2D eigenvalue weighted by atomic mass is 10.0. The van der Waals surface area contributed by atoms with Crippen molar-refractivity contribution in [1.29, 1.82) is 0 Å². The average molecular weight is 314 g/mol. The van der Waals surface area contributed by atoms with E-state index < -0.39 is 11.9 Å². The van der Waals surface area contributed by atoms with E-state index in [2.05, 4.69) is 10.6 Å². The molecule has 2 aromatic rings. The van der Waals surface area contributed by atoms with Gasteiger partial charge in [0.2, 0.25) is 0 Å². The Labute approximate surface area is 132 Å². The number of amides is 2. The van der Waals surface area contributed by atoms with Crippen molar-refractivity contribution >= 4 is 17.5 Å². The molecule has 0 aromatic heterocycles. The molecule has 0 saturated carbocycles. The first-order chi connectivity index (χ1) is 11.0. The van der Waals surface area contributed by atoms with Gasteiger partial charge in [0.25, 0.3) is 11.8 Å². The number of nitrogens with one attached hydrogen (secondary N) is 2. The summed E-state index contributed by atoms with van der Waals surface area (Å²) in [5, 5.41) is 5.32. The SMILES string of the molecule is Cc1cccc2c1OCC(=O)NC2C(=O)Nc1ccc(F)cc1. The van der Waals surface area contributed by atoms with Crippen LogP contribution >= 0.6 is 0 Å². The summed E-state index contributed by atoms with van der Waals surface area (Å²) in [4.78, 5) is 24.4. The second-order valence-corrected chi connectivity index (χ2v) is 5.28. The summed E-state index contributed by atoms with van der Waals surface area (Å²) < 4.78 is 18.4. The number of para-hydroxylation sites is 1. The Morgan fingerprint density at radius 3 is 2.74 bits per heavy atom. The number of fused-ring (bicyclic) bond motifs is 1.